The third kappa shape index (κ3) is 2.65. The first-order chi connectivity index (χ1) is 12.3. The van der Waals surface area contributed by atoms with Gasteiger partial charge in [-0.15, -0.1) is 21.5 Å². The lowest BCUT2D eigenvalue weighted by atomic mass is 9.89. The number of aryl methyl sites for hydroxylation is 1. The Kier molecular flexibility index (Phi) is 3.60. The van der Waals surface area contributed by atoms with Gasteiger partial charge >= 0.3 is 0 Å². The van der Waals surface area contributed by atoms with Crippen LogP contribution in [0.4, 0.5) is 0 Å². The maximum atomic E-state index is 5.71. The summed E-state index contributed by atoms with van der Waals surface area (Å²) < 4.78 is 11.0. The minimum atomic E-state index is 0.374. The average Bonchev–Trinajstić information content (AvgIpc) is 3.33. The highest BCUT2D eigenvalue weighted by Gasteiger charge is 2.24. The lowest BCUT2D eigenvalue weighted by Gasteiger charge is -2.17. The molecule has 6 nitrogen and oxygen atoms in total. The molecule has 4 aromatic heterocycles. The van der Waals surface area contributed by atoms with Gasteiger partial charge in [0, 0.05) is 10.3 Å². The normalized spacial score (nSPS) is 17.1. The lowest BCUT2D eigenvalue weighted by molar-refractivity contribution is 0.447. The molecule has 0 N–H and O–H groups in total. The number of hydrogen-bond donors (Lipinski definition) is 0. The third-order valence-corrected chi connectivity index (χ3v) is 6.38. The van der Waals surface area contributed by atoms with Crippen LogP contribution in [0, 0.1) is 5.92 Å². The summed E-state index contributed by atoms with van der Waals surface area (Å²) in [6.07, 6.45) is 6.61. The average molecular weight is 370 g/mol. The van der Waals surface area contributed by atoms with E-state index >= 15 is 0 Å². The highest BCUT2D eigenvalue weighted by atomic mass is 32.2. The van der Waals surface area contributed by atoms with E-state index in [1.165, 1.54) is 28.6 Å². The van der Waals surface area contributed by atoms with Gasteiger partial charge < -0.3 is 8.83 Å². The van der Waals surface area contributed by atoms with Gasteiger partial charge in [-0.1, -0.05) is 6.92 Å². The summed E-state index contributed by atoms with van der Waals surface area (Å²) in [5, 5.41) is 10.6. The van der Waals surface area contributed by atoms with Crippen LogP contribution < -0.4 is 0 Å². The molecule has 1 atom stereocenters. The third-order valence-electron chi connectivity index (χ3n) is 4.38. The molecule has 4 aromatic rings. The largest absolute Gasteiger partial charge is 0.459 e. The predicted octanol–water partition coefficient (Wildman–Crippen LogP) is 4.61. The Morgan fingerprint density at radius 2 is 2.24 bits per heavy atom. The molecule has 0 saturated carbocycles. The number of aromatic nitrogens is 4. The molecule has 25 heavy (non-hydrogen) atoms. The van der Waals surface area contributed by atoms with E-state index in [0.717, 1.165) is 34.0 Å². The van der Waals surface area contributed by atoms with Crippen LogP contribution >= 0.6 is 23.1 Å². The Labute approximate surface area is 151 Å². The first-order valence-corrected chi connectivity index (χ1v) is 9.71. The molecule has 0 amide bonds. The van der Waals surface area contributed by atoms with Gasteiger partial charge in [0.2, 0.25) is 0 Å². The summed E-state index contributed by atoms with van der Waals surface area (Å²) in [7, 11) is 0. The Morgan fingerprint density at radius 3 is 3.12 bits per heavy atom. The highest BCUT2D eigenvalue weighted by Crippen LogP contribution is 2.42. The zero-order valence-corrected chi connectivity index (χ0v) is 15.1. The van der Waals surface area contributed by atoms with Crippen molar-refractivity contribution in [2.75, 3.05) is 0 Å². The first kappa shape index (κ1) is 15.1. The van der Waals surface area contributed by atoms with Crippen LogP contribution in [0.5, 0.6) is 0 Å². The SMILES string of the molecule is CC1CCc2c(sc3ncnc(Sc4nnc(-c5ccco5)o4)c23)C1. The van der Waals surface area contributed by atoms with Crippen molar-refractivity contribution in [2.45, 2.75) is 36.4 Å². The molecule has 0 aliphatic heterocycles. The van der Waals surface area contributed by atoms with Crippen molar-refractivity contribution in [3.05, 3.63) is 35.2 Å². The van der Waals surface area contributed by atoms with Gasteiger partial charge in [-0.25, -0.2) is 9.97 Å². The molecule has 0 radical (unpaired) electrons. The maximum Gasteiger partial charge on any atom is 0.284 e. The fourth-order valence-corrected chi connectivity index (χ4v) is 5.36. The molecule has 1 aliphatic carbocycles. The van der Waals surface area contributed by atoms with E-state index in [2.05, 4.69) is 27.1 Å². The van der Waals surface area contributed by atoms with Crippen LogP contribution in [-0.4, -0.2) is 20.2 Å². The number of fused-ring (bicyclic) bond motifs is 3. The summed E-state index contributed by atoms with van der Waals surface area (Å²) in [4.78, 5) is 11.4. The predicted molar refractivity (Wildman–Crippen MR) is 94.7 cm³/mol. The minimum Gasteiger partial charge on any atom is -0.459 e. The molecular weight excluding hydrogens is 356 g/mol. The van der Waals surface area contributed by atoms with Gasteiger partial charge in [-0.05, 0) is 54.6 Å². The van der Waals surface area contributed by atoms with E-state index in [0.29, 0.717) is 16.9 Å². The fraction of sp³-hybridized carbons (Fsp3) is 0.294. The van der Waals surface area contributed by atoms with Gasteiger partial charge in [-0.2, -0.15) is 0 Å². The Morgan fingerprint density at radius 1 is 1.28 bits per heavy atom. The molecule has 0 saturated heterocycles. The molecule has 5 rings (SSSR count). The standard InChI is InChI=1S/C17H14N4O2S2/c1-9-4-5-10-12(7-9)24-15-13(10)16(19-8-18-15)25-17-21-20-14(23-17)11-3-2-6-22-11/h2-3,6,8-9H,4-5,7H2,1H3. The van der Waals surface area contributed by atoms with Gasteiger partial charge in [0.15, 0.2) is 5.76 Å². The second-order valence-electron chi connectivity index (χ2n) is 6.16. The monoisotopic (exact) mass is 370 g/mol. The number of rotatable bonds is 3. The zero-order chi connectivity index (χ0) is 16.8. The summed E-state index contributed by atoms with van der Waals surface area (Å²) >= 11 is 3.17. The molecular formula is C17H14N4O2S2. The van der Waals surface area contributed by atoms with Crippen molar-refractivity contribution in [1.29, 1.82) is 0 Å². The van der Waals surface area contributed by atoms with Crippen molar-refractivity contribution in [1.82, 2.24) is 20.2 Å². The summed E-state index contributed by atoms with van der Waals surface area (Å²) in [5.74, 6) is 1.67. The van der Waals surface area contributed by atoms with Crippen LogP contribution in [0.3, 0.4) is 0 Å². The number of hydrogen-bond acceptors (Lipinski definition) is 8. The molecule has 126 valence electrons. The summed E-state index contributed by atoms with van der Waals surface area (Å²) in [6.45, 7) is 2.31. The van der Waals surface area contributed by atoms with Gasteiger partial charge in [0.1, 0.15) is 16.2 Å². The van der Waals surface area contributed by atoms with Crippen molar-refractivity contribution in [3.63, 3.8) is 0 Å². The molecule has 1 unspecified atom stereocenters. The van der Waals surface area contributed by atoms with Crippen molar-refractivity contribution in [2.24, 2.45) is 5.92 Å². The Bertz CT molecular complexity index is 1040. The smallest absolute Gasteiger partial charge is 0.284 e. The van der Waals surface area contributed by atoms with E-state index in [9.17, 15) is 0 Å². The molecule has 0 aromatic carbocycles. The molecule has 0 fully saturated rings. The van der Waals surface area contributed by atoms with Crippen LogP contribution in [-0.2, 0) is 12.8 Å². The van der Waals surface area contributed by atoms with E-state index < -0.39 is 0 Å². The van der Waals surface area contributed by atoms with E-state index in [1.54, 1.807) is 36.1 Å². The van der Waals surface area contributed by atoms with E-state index in [1.807, 2.05) is 0 Å². The minimum absolute atomic E-state index is 0.374. The summed E-state index contributed by atoms with van der Waals surface area (Å²) in [6, 6.07) is 3.58. The number of furan rings is 1. The molecule has 0 bridgehead atoms. The van der Waals surface area contributed by atoms with Gasteiger partial charge in [0.05, 0.1) is 6.26 Å². The van der Waals surface area contributed by atoms with Gasteiger partial charge in [0.25, 0.3) is 11.1 Å². The molecule has 0 spiro atoms. The van der Waals surface area contributed by atoms with E-state index in [-0.39, 0.29) is 0 Å². The lowest BCUT2D eigenvalue weighted by Crippen LogP contribution is -2.08. The van der Waals surface area contributed by atoms with Gasteiger partial charge in [-0.3, -0.25) is 0 Å². The van der Waals surface area contributed by atoms with Crippen LogP contribution in [0.1, 0.15) is 23.8 Å². The first-order valence-electron chi connectivity index (χ1n) is 8.08. The van der Waals surface area contributed by atoms with E-state index in [4.69, 9.17) is 8.83 Å². The topological polar surface area (TPSA) is 77.8 Å². The zero-order valence-electron chi connectivity index (χ0n) is 13.4. The van der Waals surface area contributed by atoms with Crippen molar-refractivity contribution in [3.8, 4) is 11.7 Å². The summed E-state index contributed by atoms with van der Waals surface area (Å²) in [5.41, 5.74) is 1.40. The molecule has 1 aliphatic rings. The highest BCUT2D eigenvalue weighted by molar-refractivity contribution is 7.99. The Hall–Kier alpha value is -2.19. The van der Waals surface area contributed by atoms with Crippen LogP contribution in [0.15, 0.2) is 43.8 Å². The second kappa shape index (κ2) is 5.96. The quantitative estimate of drug-likeness (QED) is 0.487. The number of thiophene rings is 1. The van der Waals surface area contributed by atoms with Crippen molar-refractivity contribution < 1.29 is 8.83 Å². The van der Waals surface area contributed by atoms with Crippen LogP contribution in [0.25, 0.3) is 21.9 Å². The van der Waals surface area contributed by atoms with Crippen LogP contribution in [0.2, 0.25) is 0 Å². The van der Waals surface area contributed by atoms with Crippen molar-refractivity contribution >= 4 is 33.3 Å². The fourth-order valence-electron chi connectivity index (χ4n) is 3.16. The molecule has 4 heterocycles. The maximum absolute atomic E-state index is 5.71. The molecule has 8 heteroatoms. The Balaban J connectivity index is 1.53. The second-order valence-corrected chi connectivity index (χ2v) is 8.19. The number of nitrogens with zero attached hydrogens (tertiary/aromatic N) is 4.